The lowest BCUT2D eigenvalue weighted by atomic mass is 9.99. The summed E-state index contributed by atoms with van der Waals surface area (Å²) in [5.41, 5.74) is 1.27. The molecule has 0 radical (unpaired) electrons. The Bertz CT molecular complexity index is 815. The lowest BCUT2D eigenvalue weighted by Gasteiger charge is -2.28. The molecule has 1 saturated heterocycles. The highest BCUT2D eigenvalue weighted by molar-refractivity contribution is 5.82. The number of hydrogen-bond acceptors (Lipinski definition) is 6. The van der Waals surface area contributed by atoms with E-state index in [1.54, 1.807) is 7.11 Å². The quantitative estimate of drug-likeness (QED) is 0.476. The number of benzene rings is 2. The number of carbonyl (C=O) groups is 1. The Labute approximate surface area is 171 Å². The molecule has 0 aromatic heterocycles. The van der Waals surface area contributed by atoms with Crippen molar-refractivity contribution in [2.24, 2.45) is 0 Å². The van der Waals surface area contributed by atoms with Crippen LogP contribution in [0.2, 0.25) is 0 Å². The first kappa shape index (κ1) is 20.9. The van der Waals surface area contributed by atoms with Gasteiger partial charge in [-0.2, -0.15) is 0 Å². The van der Waals surface area contributed by atoms with Gasteiger partial charge in [0.15, 0.2) is 0 Å². The number of esters is 1. The molecule has 0 bridgehead atoms. The molecule has 1 heterocycles. The van der Waals surface area contributed by atoms with Gasteiger partial charge in [-0.05, 0) is 35.4 Å². The summed E-state index contributed by atoms with van der Waals surface area (Å²) in [6.45, 7) is 1.46. The van der Waals surface area contributed by atoms with Crippen LogP contribution in [-0.2, 0) is 25.6 Å². The Kier molecular flexibility index (Phi) is 7.27. The van der Waals surface area contributed by atoms with Crippen LogP contribution < -0.4 is 9.47 Å². The van der Waals surface area contributed by atoms with E-state index in [4.69, 9.17) is 23.7 Å². The third kappa shape index (κ3) is 6.07. The highest BCUT2D eigenvalue weighted by Gasteiger charge is 2.39. The second-order valence-corrected chi connectivity index (χ2v) is 6.92. The highest BCUT2D eigenvalue weighted by atomic mass is 16.6. The van der Waals surface area contributed by atoms with Crippen molar-refractivity contribution in [3.05, 3.63) is 71.8 Å². The van der Waals surface area contributed by atoms with E-state index in [1.807, 2.05) is 54.6 Å². The van der Waals surface area contributed by atoms with Crippen molar-refractivity contribution in [2.75, 3.05) is 34.0 Å². The van der Waals surface area contributed by atoms with Crippen LogP contribution in [0.3, 0.4) is 0 Å². The molecule has 3 rings (SSSR count). The van der Waals surface area contributed by atoms with Gasteiger partial charge in [-0.15, -0.1) is 0 Å². The molecule has 29 heavy (non-hydrogen) atoms. The molecule has 0 amide bonds. The Balaban J connectivity index is 1.65. The first-order valence-corrected chi connectivity index (χ1v) is 9.42. The molecule has 0 spiro atoms. The molecule has 1 fully saturated rings. The Hall–Kier alpha value is -2.83. The molecule has 0 saturated carbocycles. The van der Waals surface area contributed by atoms with Gasteiger partial charge in [-0.3, -0.25) is 0 Å². The second-order valence-electron chi connectivity index (χ2n) is 6.92. The van der Waals surface area contributed by atoms with E-state index in [0.717, 1.165) is 16.9 Å². The second kappa shape index (κ2) is 10.1. The molecule has 6 heteroatoms. The van der Waals surface area contributed by atoms with Gasteiger partial charge in [0.25, 0.3) is 0 Å². The van der Waals surface area contributed by atoms with Crippen molar-refractivity contribution in [1.29, 1.82) is 0 Å². The van der Waals surface area contributed by atoms with Crippen molar-refractivity contribution in [1.82, 2.24) is 0 Å². The summed E-state index contributed by atoms with van der Waals surface area (Å²) in [6, 6.07) is 17.3. The number of rotatable bonds is 9. The van der Waals surface area contributed by atoms with Crippen LogP contribution in [0.1, 0.15) is 12.0 Å². The van der Waals surface area contributed by atoms with Gasteiger partial charge >= 0.3 is 5.97 Å². The molecule has 154 valence electrons. The zero-order valence-corrected chi connectivity index (χ0v) is 16.8. The van der Waals surface area contributed by atoms with Crippen molar-refractivity contribution in [3.63, 3.8) is 0 Å². The van der Waals surface area contributed by atoms with Crippen LogP contribution in [0.15, 0.2) is 66.2 Å². The SMILES string of the molecule is COC(=O)/C=C1\COC(COCc2ccccc2)(COc2ccc(OC)cc2)C1. The van der Waals surface area contributed by atoms with E-state index in [-0.39, 0.29) is 5.97 Å². The van der Waals surface area contributed by atoms with Crippen molar-refractivity contribution in [3.8, 4) is 11.5 Å². The van der Waals surface area contributed by atoms with Crippen molar-refractivity contribution < 1.29 is 28.5 Å². The van der Waals surface area contributed by atoms with Crippen molar-refractivity contribution in [2.45, 2.75) is 18.6 Å². The zero-order chi connectivity index (χ0) is 20.5. The smallest absolute Gasteiger partial charge is 0.330 e. The largest absolute Gasteiger partial charge is 0.497 e. The summed E-state index contributed by atoms with van der Waals surface area (Å²) < 4.78 is 27.9. The Morgan fingerprint density at radius 2 is 1.76 bits per heavy atom. The van der Waals surface area contributed by atoms with Gasteiger partial charge in [0.05, 0.1) is 34.0 Å². The van der Waals surface area contributed by atoms with Crippen LogP contribution in [0.4, 0.5) is 0 Å². The number of hydrogen-bond donors (Lipinski definition) is 0. The molecular weight excluding hydrogens is 372 g/mol. The fourth-order valence-corrected chi connectivity index (χ4v) is 3.12. The molecule has 2 aromatic rings. The summed E-state index contributed by atoms with van der Waals surface area (Å²) in [7, 11) is 2.98. The maximum atomic E-state index is 11.6. The molecule has 1 aliphatic heterocycles. The van der Waals surface area contributed by atoms with Gasteiger partial charge in [-0.1, -0.05) is 30.3 Å². The molecule has 0 N–H and O–H groups in total. The van der Waals surface area contributed by atoms with Crippen LogP contribution in [0.5, 0.6) is 11.5 Å². The first-order valence-electron chi connectivity index (χ1n) is 9.42. The molecule has 2 aromatic carbocycles. The lowest BCUT2D eigenvalue weighted by molar-refractivity contribution is -0.134. The summed E-state index contributed by atoms with van der Waals surface area (Å²) in [6.07, 6.45) is 2.01. The molecule has 6 nitrogen and oxygen atoms in total. The molecule has 1 atom stereocenters. The Morgan fingerprint density at radius 3 is 2.45 bits per heavy atom. The fourth-order valence-electron chi connectivity index (χ4n) is 3.12. The average molecular weight is 398 g/mol. The first-order chi connectivity index (χ1) is 14.1. The minimum absolute atomic E-state index is 0.298. The maximum absolute atomic E-state index is 11.6. The van der Waals surface area contributed by atoms with E-state index >= 15 is 0 Å². The fraction of sp³-hybridized carbons (Fsp3) is 0.348. The standard InChI is InChI=1S/C23H26O6/c1-25-20-8-10-21(11-9-20)28-17-23(13-19(15-29-23)12-22(24)26-2)16-27-14-18-6-4-3-5-7-18/h3-12H,13-17H2,1-2H3/b19-12-. The monoisotopic (exact) mass is 398 g/mol. The van der Waals surface area contributed by atoms with E-state index in [0.29, 0.717) is 38.6 Å². The predicted octanol–water partition coefficient (Wildman–Crippen LogP) is 3.55. The van der Waals surface area contributed by atoms with Gasteiger partial charge in [0.1, 0.15) is 23.7 Å². The van der Waals surface area contributed by atoms with Crippen LogP contribution in [0.25, 0.3) is 0 Å². The zero-order valence-electron chi connectivity index (χ0n) is 16.8. The number of ether oxygens (including phenoxy) is 5. The van der Waals surface area contributed by atoms with Gasteiger partial charge in [0.2, 0.25) is 0 Å². The molecule has 1 unspecified atom stereocenters. The topological polar surface area (TPSA) is 63.2 Å². The third-order valence-corrected chi connectivity index (χ3v) is 4.67. The lowest BCUT2D eigenvalue weighted by Crippen LogP contribution is -2.40. The highest BCUT2D eigenvalue weighted by Crippen LogP contribution is 2.32. The number of methoxy groups -OCH3 is 2. The summed E-state index contributed by atoms with van der Waals surface area (Å²) in [5.74, 6) is 1.08. The third-order valence-electron chi connectivity index (χ3n) is 4.67. The summed E-state index contributed by atoms with van der Waals surface area (Å²) >= 11 is 0. The van der Waals surface area contributed by atoms with E-state index < -0.39 is 5.60 Å². The molecule has 1 aliphatic rings. The van der Waals surface area contributed by atoms with Crippen LogP contribution in [0, 0.1) is 0 Å². The van der Waals surface area contributed by atoms with E-state index in [9.17, 15) is 4.79 Å². The van der Waals surface area contributed by atoms with Gasteiger partial charge in [0, 0.05) is 12.5 Å². The van der Waals surface area contributed by atoms with E-state index in [2.05, 4.69) is 0 Å². The van der Waals surface area contributed by atoms with Crippen LogP contribution in [-0.4, -0.2) is 45.6 Å². The van der Waals surface area contributed by atoms with Crippen LogP contribution >= 0.6 is 0 Å². The summed E-state index contributed by atoms with van der Waals surface area (Å²) in [5, 5.41) is 0. The molecular formula is C23H26O6. The summed E-state index contributed by atoms with van der Waals surface area (Å²) in [4.78, 5) is 11.6. The maximum Gasteiger partial charge on any atom is 0.330 e. The average Bonchev–Trinajstić information content (AvgIpc) is 3.16. The minimum Gasteiger partial charge on any atom is -0.497 e. The minimum atomic E-state index is -0.672. The Morgan fingerprint density at radius 1 is 1.03 bits per heavy atom. The normalized spacial score (nSPS) is 19.9. The molecule has 0 aliphatic carbocycles. The van der Waals surface area contributed by atoms with Gasteiger partial charge in [-0.25, -0.2) is 4.79 Å². The van der Waals surface area contributed by atoms with Gasteiger partial charge < -0.3 is 23.7 Å². The number of carbonyl (C=O) groups excluding carboxylic acids is 1. The van der Waals surface area contributed by atoms with E-state index in [1.165, 1.54) is 13.2 Å². The van der Waals surface area contributed by atoms with Crippen molar-refractivity contribution >= 4 is 5.97 Å². The predicted molar refractivity (Wildman–Crippen MR) is 108 cm³/mol.